The molecule has 3 N–H and O–H groups in total. The van der Waals surface area contributed by atoms with Crippen LogP contribution in [0, 0.1) is 5.82 Å². The van der Waals surface area contributed by atoms with E-state index >= 15 is 0 Å². The molecular weight excluding hydrogens is 481 g/mol. The number of urea groups is 1. The minimum absolute atomic E-state index is 0.154. The number of hydrogen-bond acceptors (Lipinski definition) is 5. The van der Waals surface area contributed by atoms with Gasteiger partial charge in [-0.05, 0) is 35.7 Å². The molecule has 1 saturated heterocycles. The summed E-state index contributed by atoms with van der Waals surface area (Å²) in [4.78, 5) is 37.0. The Morgan fingerprint density at radius 1 is 1.14 bits per heavy atom. The maximum atomic E-state index is 14.6. The number of alkyl halides is 2. The fourth-order valence-electron chi connectivity index (χ4n) is 3.70. The van der Waals surface area contributed by atoms with E-state index in [1.54, 1.807) is 22.9 Å². The average Bonchev–Trinajstić information content (AvgIpc) is 2.88. The van der Waals surface area contributed by atoms with E-state index in [0.29, 0.717) is 19.5 Å². The molecule has 0 aromatic heterocycles. The predicted octanol–water partition coefficient (Wildman–Crippen LogP) is 2.06. The second-order valence-electron chi connectivity index (χ2n) is 7.99. The second-order valence-corrected chi connectivity index (χ2v) is 7.99. The quantitative estimate of drug-likeness (QED) is 0.473. The van der Waals surface area contributed by atoms with Crippen molar-refractivity contribution in [3.8, 4) is 5.75 Å². The third kappa shape index (κ3) is 7.35. The van der Waals surface area contributed by atoms with Gasteiger partial charge in [0.1, 0.15) is 11.6 Å². The van der Waals surface area contributed by atoms with E-state index in [1.165, 1.54) is 12.1 Å². The number of halogens is 3. The van der Waals surface area contributed by atoms with Gasteiger partial charge in [0.15, 0.2) is 0 Å². The fourth-order valence-corrected chi connectivity index (χ4v) is 3.70. The normalized spacial score (nSPS) is 15.4. The van der Waals surface area contributed by atoms with Gasteiger partial charge >= 0.3 is 18.4 Å². The Balaban J connectivity index is 1.50. The van der Waals surface area contributed by atoms with Gasteiger partial charge in [0.2, 0.25) is 0 Å². The minimum Gasteiger partial charge on any atom is -0.496 e. The lowest BCUT2D eigenvalue weighted by Gasteiger charge is -2.33. The number of nitrogens with zero attached hydrogens (tertiary/aromatic N) is 1. The van der Waals surface area contributed by atoms with Gasteiger partial charge in [0, 0.05) is 31.6 Å². The molecule has 194 valence electrons. The van der Waals surface area contributed by atoms with Gasteiger partial charge in [-0.1, -0.05) is 24.3 Å². The number of carbonyl (C=O) groups excluding carboxylic acids is 3. The van der Waals surface area contributed by atoms with Gasteiger partial charge in [0.25, 0.3) is 5.91 Å². The van der Waals surface area contributed by atoms with Crippen molar-refractivity contribution in [2.75, 3.05) is 33.4 Å². The molecule has 1 fully saturated rings. The molecule has 12 heteroatoms. The first-order valence-electron chi connectivity index (χ1n) is 11.2. The van der Waals surface area contributed by atoms with Crippen LogP contribution in [-0.2, 0) is 22.4 Å². The van der Waals surface area contributed by atoms with Crippen LogP contribution in [0.5, 0.6) is 5.75 Å². The highest BCUT2D eigenvalue weighted by atomic mass is 19.3. The molecule has 0 aliphatic carbocycles. The summed E-state index contributed by atoms with van der Waals surface area (Å²) in [5.41, 5.74) is 4.41. The molecule has 2 aromatic carbocycles. The summed E-state index contributed by atoms with van der Waals surface area (Å²) in [5.74, 6) is -2.57. The number of rotatable bonds is 8. The molecule has 2 aromatic rings. The van der Waals surface area contributed by atoms with Crippen LogP contribution in [0.2, 0.25) is 0 Å². The van der Waals surface area contributed by atoms with Crippen molar-refractivity contribution >= 4 is 17.8 Å². The van der Waals surface area contributed by atoms with Gasteiger partial charge in [-0.25, -0.2) is 9.18 Å². The Hall–Kier alpha value is -3.80. The monoisotopic (exact) mass is 508 g/mol. The van der Waals surface area contributed by atoms with Gasteiger partial charge in [-0.15, -0.1) is 0 Å². The topological polar surface area (TPSA) is 109 Å². The number of hydrazine groups is 1. The maximum Gasteiger partial charge on any atom is 0.317 e. The standard InChI is InChI=1S/C24H27F3N4O5/c1-35-20-5-3-2-4-15(20)8-9-28-24(34)31-10-11-36-18(14-31)12-16-6-7-17(13-19(16)25)22(32)29-30-23(33)21(26)27/h2-7,13,18,21H,8-12,14H2,1H3,(H,28,34)(H,29,32)(H,30,33). The van der Waals surface area contributed by atoms with E-state index in [0.717, 1.165) is 17.4 Å². The number of benzene rings is 2. The van der Waals surface area contributed by atoms with E-state index in [9.17, 15) is 27.6 Å². The lowest BCUT2D eigenvalue weighted by atomic mass is 10.0. The van der Waals surface area contributed by atoms with Crippen LogP contribution in [0.15, 0.2) is 42.5 Å². The fraction of sp³-hybridized carbons (Fsp3) is 0.375. The van der Waals surface area contributed by atoms with Gasteiger partial charge in [-0.3, -0.25) is 20.4 Å². The number of methoxy groups -OCH3 is 1. The molecule has 4 amide bonds. The van der Waals surface area contributed by atoms with Gasteiger partial charge in [-0.2, -0.15) is 8.78 Å². The lowest BCUT2D eigenvalue weighted by molar-refractivity contribution is -0.132. The van der Waals surface area contributed by atoms with Crippen LogP contribution in [-0.4, -0.2) is 68.6 Å². The molecule has 0 saturated carbocycles. The molecule has 9 nitrogen and oxygen atoms in total. The number of morpholine rings is 1. The van der Waals surface area contributed by atoms with Crippen molar-refractivity contribution in [3.63, 3.8) is 0 Å². The number of ether oxygens (including phenoxy) is 2. The molecule has 0 radical (unpaired) electrons. The zero-order valence-corrected chi connectivity index (χ0v) is 19.6. The van der Waals surface area contributed by atoms with Crippen LogP contribution in [0.4, 0.5) is 18.0 Å². The maximum absolute atomic E-state index is 14.6. The number of carbonyl (C=O) groups is 3. The van der Waals surface area contributed by atoms with Crippen molar-refractivity contribution in [2.24, 2.45) is 0 Å². The molecule has 1 aliphatic rings. The summed E-state index contributed by atoms with van der Waals surface area (Å²) >= 11 is 0. The molecule has 1 atom stereocenters. The zero-order chi connectivity index (χ0) is 26.1. The average molecular weight is 508 g/mol. The zero-order valence-electron chi connectivity index (χ0n) is 19.6. The Labute approximate surface area is 205 Å². The smallest absolute Gasteiger partial charge is 0.317 e. The van der Waals surface area contributed by atoms with E-state index in [-0.39, 0.29) is 36.7 Å². The Bertz CT molecular complexity index is 1090. The summed E-state index contributed by atoms with van der Waals surface area (Å²) in [5, 5.41) is 2.88. The highest BCUT2D eigenvalue weighted by Gasteiger charge is 2.25. The summed E-state index contributed by atoms with van der Waals surface area (Å²) in [6, 6.07) is 10.9. The molecule has 3 rings (SSSR count). The van der Waals surface area contributed by atoms with Crippen molar-refractivity contribution in [1.29, 1.82) is 0 Å². The summed E-state index contributed by atoms with van der Waals surface area (Å²) in [7, 11) is 1.59. The molecule has 0 bridgehead atoms. The van der Waals surface area contributed by atoms with Gasteiger partial charge < -0.3 is 19.7 Å². The number of nitrogens with one attached hydrogen (secondary N) is 3. The largest absolute Gasteiger partial charge is 0.496 e. The predicted molar refractivity (Wildman–Crippen MR) is 123 cm³/mol. The lowest BCUT2D eigenvalue weighted by Crippen LogP contribution is -2.50. The van der Waals surface area contributed by atoms with Crippen LogP contribution in [0.1, 0.15) is 21.5 Å². The highest BCUT2D eigenvalue weighted by molar-refractivity contribution is 5.95. The molecule has 1 aliphatic heterocycles. The number of para-hydroxylation sites is 1. The molecule has 1 heterocycles. The van der Waals surface area contributed by atoms with Crippen molar-refractivity contribution in [3.05, 3.63) is 65.0 Å². The second kappa shape index (κ2) is 12.8. The first-order valence-corrected chi connectivity index (χ1v) is 11.2. The van der Waals surface area contributed by atoms with E-state index in [1.807, 2.05) is 24.3 Å². The van der Waals surface area contributed by atoms with Crippen LogP contribution < -0.4 is 20.9 Å². The number of hydrogen-bond donors (Lipinski definition) is 3. The minimum atomic E-state index is -3.30. The van der Waals surface area contributed by atoms with Crippen molar-refractivity contribution in [2.45, 2.75) is 25.4 Å². The first-order chi connectivity index (χ1) is 17.3. The van der Waals surface area contributed by atoms with E-state index < -0.39 is 30.2 Å². The SMILES string of the molecule is COc1ccccc1CCNC(=O)N1CCOC(Cc2ccc(C(=O)NNC(=O)C(F)F)cc2F)C1. The van der Waals surface area contributed by atoms with Crippen molar-refractivity contribution in [1.82, 2.24) is 21.1 Å². The summed E-state index contributed by atoms with van der Waals surface area (Å²) in [6.07, 6.45) is -3.01. The van der Waals surface area contributed by atoms with Crippen molar-refractivity contribution < 1.29 is 37.0 Å². The first kappa shape index (κ1) is 26.8. The summed E-state index contributed by atoms with van der Waals surface area (Å²) in [6.45, 7) is 1.35. The Morgan fingerprint density at radius 2 is 1.92 bits per heavy atom. The Kier molecular flexibility index (Phi) is 9.51. The molecule has 36 heavy (non-hydrogen) atoms. The summed E-state index contributed by atoms with van der Waals surface area (Å²) < 4.78 is 50.0. The Morgan fingerprint density at radius 3 is 2.64 bits per heavy atom. The van der Waals surface area contributed by atoms with Gasteiger partial charge in [0.05, 0.1) is 19.8 Å². The third-order valence-electron chi connectivity index (χ3n) is 5.55. The number of amides is 4. The molecule has 1 unspecified atom stereocenters. The third-order valence-corrected chi connectivity index (χ3v) is 5.55. The van der Waals surface area contributed by atoms with Crippen LogP contribution in [0.3, 0.4) is 0 Å². The highest BCUT2D eigenvalue weighted by Crippen LogP contribution is 2.18. The molecular formula is C24H27F3N4O5. The molecule has 0 spiro atoms. The van der Waals surface area contributed by atoms with Crippen LogP contribution in [0.25, 0.3) is 0 Å². The van der Waals surface area contributed by atoms with E-state index in [2.05, 4.69) is 5.32 Å². The van der Waals surface area contributed by atoms with Crippen LogP contribution >= 0.6 is 0 Å². The van der Waals surface area contributed by atoms with E-state index in [4.69, 9.17) is 9.47 Å².